The lowest BCUT2D eigenvalue weighted by atomic mass is 9.67. The minimum atomic E-state index is -0.994. The van der Waals surface area contributed by atoms with Crippen molar-refractivity contribution in [3.8, 4) is 0 Å². The molecule has 0 radical (unpaired) electrons. The number of carboxylic acids is 1. The highest BCUT2D eigenvalue weighted by Crippen LogP contribution is 2.42. The Hall–Kier alpha value is -1.26. The van der Waals surface area contributed by atoms with Crippen molar-refractivity contribution in [2.45, 2.75) is 32.6 Å². The lowest BCUT2D eigenvalue weighted by molar-refractivity contribution is -0.137. The molecule has 1 fully saturated rings. The molecule has 0 spiro atoms. The highest BCUT2D eigenvalue weighted by Gasteiger charge is 2.35. The van der Waals surface area contributed by atoms with Gasteiger partial charge in [-0.25, -0.2) is 4.79 Å². The van der Waals surface area contributed by atoms with Crippen LogP contribution in [0.1, 0.15) is 32.6 Å². The number of carboxylic acid groups (broad SMARTS) is 1. The number of hydrogen-bond acceptors (Lipinski definition) is 2. The lowest BCUT2D eigenvalue weighted by Gasteiger charge is -2.41. The van der Waals surface area contributed by atoms with E-state index in [1.165, 1.54) is 18.4 Å². The maximum Gasteiger partial charge on any atom is 0.323 e. The van der Waals surface area contributed by atoms with Crippen LogP contribution in [0, 0.1) is 5.41 Å². The van der Waals surface area contributed by atoms with Gasteiger partial charge in [-0.3, -0.25) is 4.79 Å². The fourth-order valence-electron chi connectivity index (χ4n) is 2.00. The number of urea groups is 1. The van der Waals surface area contributed by atoms with Crippen LogP contribution in [0.2, 0.25) is 0 Å². The molecule has 0 atom stereocenters. The second-order valence-electron chi connectivity index (χ2n) is 4.62. The van der Waals surface area contributed by atoms with Crippen molar-refractivity contribution < 1.29 is 14.7 Å². The Balaban J connectivity index is 2.31. The number of nitrogens with zero attached hydrogens (tertiary/aromatic N) is 1. The van der Waals surface area contributed by atoms with Gasteiger partial charge in [-0.15, -0.1) is 0 Å². The summed E-state index contributed by atoms with van der Waals surface area (Å²) in [6.07, 6.45) is 4.61. The zero-order valence-electron chi connectivity index (χ0n) is 9.95. The molecule has 0 aliphatic heterocycles. The van der Waals surface area contributed by atoms with Gasteiger partial charge in [-0.2, -0.15) is 0 Å². The van der Waals surface area contributed by atoms with Crippen LogP contribution < -0.4 is 5.32 Å². The van der Waals surface area contributed by atoms with E-state index in [1.807, 2.05) is 0 Å². The molecule has 0 saturated heterocycles. The van der Waals surface area contributed by atoms with Gasteiger partial charge in [-0.1, -0.05) is 13.3 Å². The number of hydrogen-bond donors (Lipinski definition) is 2. The van der Waals surface area contributed by atoms with Gasteiger partial charge in [0.1, 0.15) is 6.54 Å². The van der Waals surface area contributed by atoms with Gasteiger partial charge in [0.15, 0.2) is 0 Å². The first-order chi connectivity index (χ1) is 7.49. The van der Waals surface area contributed by atoms with E-state index in [0.29, 0.717) is 6.54 Å². The summed E-state index contributed by atoms with van der Waals surface area (Å²) in [5, 5.41) is 11.3. The minimum Gasteiger partial charge on any atom is -0.480 e. The fourth-order valence-corrected chi connectivity index (χ4v) is 2.00. The molecular weight excluding hydrogens is 208 g/mol. The predicted molar refractivity (Wildman–Crippen MR) is 60.2 cm³/mol. The molecule has 1 saturated carbocycles. The Labute approximate surface area is 95.8 Å². The number of rotatable bonds is 5. The van der Waals surface area contributed by atoms with E-state index in [1.54, 1.807) is 0 Å². The first-order valence-corrected chi connectivity index (χ1v) is 5.70. The van der Waals surface area contributed by atoms with Gasteiger partial charge < -0.3 is 15.3 Å². The normalized spacial score (nSPS) is 17.4. The van der Waals surface area contributed by atoms with E-state index in [4.69, 9.17) is 5.11 Å². The minimum absolute atomic E-state index is 0.259. The highest BCUT2D eigenvalue weighted by atomic mass is 16.4. The van der Waals surface area contributed by atoms with E-state index < -0.39 is 5.97 Å². The van der Waals surface area contributed by atoms with Crippen LogP contribution >= 0.6 is 0 Å². The summed E-state index contributed by atoms with van der Waals surface area (Å²) in [7, 11) is 1.49. The summed E-state index contributed by atoms with van der Waals surface area (Å²) >= 11 is 0. The van der Waals surface area contributed by atoms with Crippen molar-refractivity contribution >= 4 is 12.0 Å². The van der Waals surface area contributed by atoms with Crippen LogP contribution in [0.3, 0.4) is 0 Å². The van der Waals surface area contributed by atoms with Crippen LogP contribution in [-0.2, 0) is 4.79 Å². The summed E-state index contributed by atoms with van der Waals surface area (Å²) in [6, 6.07) is -0.304. The van der Waals surface area contributed by atoms with E-state index in [0.717, 1.165) is 19.3 Å². The Bertz CT molecular complexity index is 269. The van der Waals surface area contributed by atoms with Gasteiger partial charge in [0.05, 0.1) is 0 Å². The molecule has 1 rings (SSSR count). The molecule has 5 heteroatoms. The summed E-state index contributed by atoms with van der Waals surface area (Å²) in [5.74, 6) is -0.994. The van der Waals surface area contributed by atoms with Gasteiger partial charge in [0.25, 0.3) is 0 Å². The Morgan fingerprint density at radius 3 is 2.44 bits per heavy atom. The predicted octanol–water partition coefficient (Wildman–Crippen LogP) is 1.29. The molecular formula is C11H20N2O3. The summed E-state index contributed by atoms with van der Waals surface area (Å²) in [5.41, 5.74) is 0.264. The Morgan fingerprint density at radius 2 is 2.06 bits per heavy atom. The monoisotopic (exact) mass is 228 g/mol. The van der Waals surface area contributed by atoms with Crippen molar-refractivity contribution in [3.63, 3.8) is 0 Å². The molecule has 0 aromatic carbocycles. The average molecular weight is 228 g/mol. The maximum atomic E-state index is 11.5. The van der Waals surface area contributed by atoms with Crippen LogP contribution in [0.4, 0.5) is 4.79 Å². The standard InChI is InChI=1S/C11H20N2O3/c1-3-11(5-4-6-11)8-12-10(16)13(2)7-9(14)15/h3-8H2,1-2H3,(H,12,16)(H,14,15). The van der Waals surface area contributed by atoms with E-state index in [2.05, 4.69) is 12.2 Å². The van der Waals surface area contributed by atoms with Crippen LogP contribution in [0.25, 0.3) is 0 Å². The third kappa shape index (κ3) is 3.12. The SMILES string of the molecule is CCC1(CNC(=O)N(C)CC(=O)O)CCC1. The maximum absolute atomic E-state index is 11.5. The third-order valence-electron chi connectivity index (χ3n) is 3.50. The van der Waals surface area contributed by atoms with Crippen molar-refractivity contribution in [2.24, 2.45) is 5.41 Å². The molecule has 2 N–H and O–H groups in total. The summed E-state index contributed by atoms with van der Waals surface area (Å²) < 4.78 is 0. The molecule has 0 unspecified atom stereocenters. The van der Waals surface area contributed by atoms with Crippen molar-refractivity contribution in [3.05, 3.63) is 0 Å². The summed E-state index contributed by atoms with van der Waals surface area (Å²) in [6.45, 7) is 2.53. The van der Waals surface area contributed by atoms with E-state index >= 15 is 0 Å². The van der Waals surface area contributed by atoms with Crippen molar-refractivity contribution in [2.75, 3.05) is 20.1 Å². The highest BCUT2D eigenvalue weighted by molar-refractivity contribution is 5.79. The molecule has 2 amide bonds. The van der Waals surface area contributed by atoms with Crippen LogP contribution in [0.15, 0.2) is 0 Å². The topological polar surface area (TPSA) is 69.6 Å². The van der Waals surface area contributed by atoms with Crippen LogP contribution in [-0.4, -0.2) is 42.1 Å². The molecule has 0 aromatic heterocycles. The Morgan fingerprint density at radius 1 is 1.44 bits per heavy atom. The number of aliphatic carboxylic acids is 1. The molecule has 92 valence electrons. The second-order valence-corrected chi connectivity index (χ2v) is 4.62. The molecule has 1 aliphatic rings. The quantitative estimate of drug-likeness (QED) is 0.745. The van der Waals surface area contributed by atoms with Gasteiger partial charge in [-0.05, 0) is 24.7 Å². The molecule has 0 bridgehead atoms. The molecule has 0 aromatic rings. The van der Waals surface area contributed by atoms with E-state index in [9.17, 15) is 9.59 Å². The zero-order valence-corrected chi connectivity index (χ0v) is 9.95. The third-order valence-corrected chi connectivity index (χ3v) is 3.50. The summed E-state index contributed by atoms with van der Waals surface area (Å²) in [4.78, 5) is 23.1. The van der Waals surface area contributed by atoms with Gasteiger partial charge in [0.2, 0.25) is 0 Å². The largest absolute Gasteiger partial charge is 0.480 e. The first kappa shape index (κ1) is 12.8. The van der Waals surface area contributed by atoms with Crippen molar-refractivity contribution in [1.29, 1.82) is 0 Å². The van der Waals surface area contributed by atoms with Crippen molar-refractivity contribution in [1.82, 2.24) is 10.2 Å². The number of carbonyl (C=O) groups is 2. The smallest absolute Gasteiger partial charge is 0.323 e. The molecule has 5 nitrogen and oxygen atoms in total. The number of nitrogens with one attached hydrogen (secondary N) is 1. The van der Waals surface area contributed by atoms with E-state index in [-0.39, 0.29) is 18.0 Å². The second kappa shape index (κ2) is 5.18. The average Bonchev–Trinajstić information content (AvgIpc) is 2.15. The van der Waals surface area contributed by atoms with Gasteiger partial charge >= 0.3 is 12.0 Å². The first-order valence-electron chi connectivity index (χ1n) is 5.70. The number of amides is 2. The number of carbonyl (C=O) groups excluding carboxylic acids is 1. The Kier molecular flexibility index (Phi) is 4.15. The fraction of sp³-hybridized carbons (Fsp3) is 0.818. The van der Waals surface area contributed by atoms with Crippen LogP contribution in [0.5, 0.6) is 0 Å². The molecule has 1 aliphatic carbocycles. The molecule has 16 heavy (non-hydrogen) atoms. The lowest BCUT2D eigenvalue weighted by Crippen LogP contribution is -2.46. The van der Waals surface area contributed by atoms with Gasteiger partial charge in [0, 0.05) is 13.6 Å². The zero-order chi connectivity index (χ0) is 12.2. The number of likely N-dealkylation sites (N-methyl/N-ethyl adjacent to an activating group) is 1. The molecule has 0 heterocycles.